The van der Waals surface area contributed by atoms with Crippen LogP contribution in [0.3, 0.4) is 0 Å². The molecule has 0 aliphatic rings. The number of H-pyrrole nitrogens is 1. The summed E-state index contributed by atoms with van der Waals surface area (Å²) in [6, 6.07) is 4.30. The maximum atomic E-state index is 13.2. The summed E-state index contributed by atoms with van der Waals surface area (Å²) in [6.45, 7) is 3.89. The number of carbonyl (C=O) groups excluding carboxylic acids is 1. The van der Waals surface area contributed by atoms with E-state index in [4.69, 9.17) is 5.11 Å². The van der Waals surface area contributed by atoms with E-state index in [1.165, 1.54) is 12.1 Å². The van der Waals surface area contributed by atoms with Crippen LogP contribution in [0.1, 0.15) is 25.8 Å². The van der Waals surface area contributed by atoms with Gasteiger partial charge in [0.1, 0.15) is 5.82 Å². The number of hydrogen-bond acceptors (Lipinski definition) is 2. The second-order valence-corrected chi connectivity index (χ2v) is 5.51. The van der Waals surface area contributed by atoms with Crippen LogP contribution in [0, 0.1) is 5.82 Å². The average molecular weight is 306 g/mol. The van der Waals surface area contributed by atoms with Gasteiger partial charge < -0.3 is 15.0 Å². The molecule has 1 amide bonds. The van der Waals surface area contributed by atoms with E-state index in [1.807, 2.05) is 13.8 Å². The average Bonchev–Trinajstić information content (AvgIpc) is 2.80. The number of aromatic amines is 1. The molecular formula is C16H19FN2O3. The van der Waals surface area contributed by atoms with Crippen LogP contribution in [0.15, 0.2) is 24.4 Å². The minimum Gasteiger partial charge on any atom is -0.481 e. The van der Waals surface area contributed by atoms with Crippen molar-refractivity contribution in [3.8, 4) is 0 Å². The number of aromatic nitrogens is 1. The molecule has 0 saturated heterocycles. The Hall–Kier alpha value is -2.37. The molecule has 0 saturated carbocycles. The standard InChI is InChI=1S/C16H19FN2O3/c1-10(2)19(6-5-16(21)22)15(20)7-11-9-18-14-8-12(17)3-4-13(11)14/h3-4,8-10,18H,5-7H2,1-2H3,(H,21,22). The van der Waals surface area contributed by atoms with Gasteiger partial charge in [0.15, 0.2) is 0 Å². The van der Waals surface area contributed by atoms with E-state index >= 15 is 0 Å². The van der Waals surface area contributed by atoms with E-state index in [0.717, 1.165) is 10.9 Å². The molecule has 1 heterocycles. The van der Waals surface area contributed by atoms with Crippen LogP contribution in [-0.4, -0.2) is 39.5 Å². The van der Waals surface area contributed by atoms with Crippen molar-refractivity contribution in [2.24, 2.45) is 0 Å². The van der Waals surface area contributed by atoms with Gasteiger partial charge >= 0.3 is 5.97 Å². The molecule has 0 bridgehead atoms. The zero-order valence-corrected chi connectivity index (χ0v) is 12.6. The predicted octanol–water partition coefficient (Wildman–Crippen LogP) is 2.56. The van der Waals surface area contributed by atoms with Crippen molar-refractivity contribution < 1.29 is 19.1 Å². The van der Waals surface area contributed by atoms with Gasteiger partial charge in [-0.25, -0.2) is 4.39 Å². The first-order chi connectivity index (χ1) is 10.4. The predicted molar refractivity (Wildman–Crippen MR) is 81.1 cm³/mol. The fourth-order valence-electron chi connectivity index (χ4n) is 2.46. The SMILES string of the molecule is CC(C)N(CCC(=O)O)C(=O)Cc1c[nH]c2cc(F)ccc12. The summed E-state index contributed by atoms with van der Waals surface area (Å²) >= 11 is 0. The highest BCUT2D eigenvalue weighted by Gasteiger charge is 2.19. The van der Waals surface area contributed by atoms with Gasteiger partial charge in [0, 0.05) is 29.7 Å². The first-order valence-corrected chi connectivity index (χ1v) is 7.15. The normalized spacial score (nSPS) is 11.1. The summed E-state index contributed by atoms with van der Waals surface area (Å²) < 4.78 is 13.2. The zero-order valence-electron chi connectivity index (χ0n) is 12.6. The number of carbonyl (C=O) groups is 2. The van der Waals surface area contributed by atoms with Gasteiger partial charge in [0.2, 0.25) is 5.91 Å². The Balaban J connectivity index is 2.15. The lowest BCUT2D eigenvalue weighted by Crippen LogP contribution is -2.39. The number of fused-ring (bicyclic) bond motifs is 1. The Morgan fingerprint density at radius 3 is 2.73 bits per heavy atom. The third-order valence-corrected chi connectivity index (χ3v) is 3.58. The number of aliphatic carboxylic acids is 1. The lowest BCUT2D eigenvalue weighted by molar-refractivity contribution is -0.139. The van der Waals surface area contributed by atoms with E-state index in [9.17, 15) is 14.0 Å². The smallest absolute Gasteiger partial charge is 0.305 e. The molecule has 5 nitrogen and oxygen atoms in total. The van der Waals surface area contributed by atoms with Crippen molar-refractivity contribution in [2.75, 3.05) is 6.54 Å². The molecule has 0 spiro atoms. The number of halogens is 1. The third kappa shape index (κ3) is 3.63. The molecule has 2 aromatic rings. The van der Waals surface area contributed by atoms with Gasteiger partial charge in [-0.2, -0.15) is 0 Å². The summed E-state index contributed by atoms with van der Waals surface area (Å²) in [4.78, 5) is 27.6. The number of benzene rings is 1. The minimum atomic E-state index is -0.930. The minimum absolute atomic E-state index is 0.0745. The molecule has 22 heavy (non-hydrogen) atoms. The lowest BCUT2D eigenvalue weighted by atomic mass is 10.1. The lowest BCUT2D eigenvalue weighted by Gasteiger charge is -2.26. The molecular weight excluding hydrogens is 287 g/mol. The fraction of sp³-hybridized carbons (Fsp3) is 0.375. The van der Waals surface area contributed by atoms with Gasteiger partial charge in [0.25, 0.3) is 0 Å². The molecule has 0 aliphatic heterocycles. The second kappa shape index (κ2) is 6.60. The van der Waals surface area contributed by atoms with Gasteiger partial charge in [-0.05, 0) is 37.6 Å². The quantitative estimate of drug-likeness (QED) is 0.861. The molecule has 118 valence electrons. The summed E-state index contributed by atoms with van der Waals surface area (Å²) in [5, 5.41) is 9.57. The van der Waals surface area contributed by atoms with Crippen molar-refractivity contribution in [1.29, 1.82) is 0 Å². The van der Waals surface area contributed by atoms with Gasteiger partial charge in [-0.15, -0.1) is 0 Å². The molecule has 1 aromatic carbocycles. The fourth-order valence-corrected chi connectivity index (χ4v) is 2.46. The van der Waals surface area contributed by atoms with Crippen LogP contribution in [0.2, 0.25) is 0 Å². The van der Waals surface area contributed by atoms with Gasteiger partial charge in [-0.1, -0.05) is 0 Å². The first-order valence-electron chi connectivity index (χ1n) is 7.15. The number of carboxylic acids is 1. The molecule has 0 atom stereocenters. The van der Waals surface area contributed by atoms with Gasteiger partial charge in [0.05, 0.1) is 12.8 Å². The molecule has 2 N–H and O–H groups in total. The van der Waals surface area contributed by atoms with Crippen LogP contribution >= 0.6 is 0 Å². The highest BCUT2D eigenvalue weighted by atomic mass is 19.1. The molecule has 0 aliphatic carbocycles. The van der Waals surface area contributed by atoms with Crippen LogP contribution in [0.5, 0.6) is 0 Å². The van der Waals surface area contributed by atoms with Gasteiger partial charge in [-0.3, -0.25) is 9.59 Å². The van der Waals surface area contributed by atoms with E-state index in [2.05, 4.69) is 4.98 Å². The largest absolute Gasteiger partial charge is 0.481 e. The van der Waals surface area contributed by atoms with E-state index in [0.29, 0.717) is 5.52 Å². The molecule has 2 rings (SSSR count). The van der Waals surface area contributed by atoms with Crippen LogP contribution in [0.25, 0.3) is 10.9 Å². The van der Waals surface area contributed by atoms with Crippen molar-refractivity contribution in [3.63, 3.8) is 0 Å². The van der Waals surface area contributed by atoms with Crippen LogP contribution in [0.4, 0.5) is 4.39 Å². The summed E-state index contributed by atoms with van der Waals surface area (Å²) in [6.07, 6.45) is 1.77. The number of rotatable bonds is 6. The molecule has 0 radical (unpaired) electrons. The van der Waals surface area contributed by atoms with Crippen molar-refractivity contribution in [3.05, 3.63) is 35.8 Å². The van der Waals surface area contributed by atoms with Crippen LogP contribution < -0.4 is 0 Å². The summed E-state index contributed by atoms with van der Waals surface area (Å²) in [5.41, 5.74) is 1.42. The molecule has 0 unspecified atom stereocenters. The summed E-state index contributed by atoms with van der Waals surface area (Å²) in [5.74, 6) is -1.40. The maximum Gasteiger partial charge on any atom is 0.305 e. The number of amides is 1. The molecule has 6 heteroatoms. The number of nitrogens with one attached hydrogen (secondary N) is 1. The third-order valence-electron chi connectivity index (χ3n) is 3.58. The Morgan fingerprint density at radius 1 is 1.36 bits per heavy atom. The van der Waals surface area contributed by atoms with E-state index < -0.39 is 5.97 Å². The van der Waals surface area contributed by atoms with Crippen molar-refractivity contribution >= 4 is 22.8 Å². The monoisotopic (exact) mass is 306 g/mol. The summed E-state index contributed by atoms with van der Waals surface area (Å²) in [7, 11) is 0. The number of nitrogens with zero attached hydrogens (tertiary/aromatic N) is 1. The Labute approximate surface area is 127 Å². The first kappa shape index (κ1) is 16.0. The zero-order chi connectivity index (χ0) is 16.3. The topological polar surface area (TPSA) is 73.4 Å². The molecule has 1 aromatic heterocycles. The molecule has 0 fully saturated rings. The Kier molecular flexibility index (Phi) is 4.80. The maximum absolute atomic E-state index is 13.2. The number of hydrogen-bond donors (Lipinski definition) is 2. The second-order valence-electron chi connectivity index (χ2n) is 5.51. The Bertz CT molecular complexity index is 694. The highest BCUT2D eigenvalue weighted by Crippen LogP contribution is 2.20. The van der Waals surface area contributed by atoms with E-state index in [1.54, 1.807) is 17.2 Å². The van der Waals surface area contributed by atoms with Crippen LogP contribution in [-0.2, 0) is 16.0 Å². The van der Waals surface area contributed by atoms with E-state index in [-0.39, 0.29) is 37.2 Å². The number of carboxylic acid groups (broad SMARTS) is 1. The highest BCUT2D eigenvalue weighted by molar-refractivity contribution is 5.89. The van der Waals surface area contributed by atoms with Crippen molar-refractivity contribution in [1.82, 2.24) is 9.88 Å². The van der Waals surface area contributed by atoms with Crippen molar-refractivity contribution in [2.45, 2.75) is 32.7 Å². The Morgan fingerprint density at radius 2 is 2.09 bits per heavy atom.